The van der Waals surface area contributed by atoms with E-state index in [0.29, 0.717) is 5.75 Å². The third-order valence-corrected chi connectivity index (χ3v) is 1.46. The summed E-state index contributed by atoms with van der Waals surface area (Å²) in [6.45, 7) is 6.62. The molecular formula is C5H7NO2S. The Kier molecular flexibility index (Phi) is 3.79. The second kappa shape index (κ2) is 4.14. The number of nitrogens with zero attached hydrogens (tertiary/aromatic N) is 1. The van der Waals surface area contributed by atoms with Crippen LogP contribution in [-0.4, -0.2) is 10.7 Å². The molecule has 0 N–H and O–H groups in total. The van der Waals surface area contributed by atoms with Gasteiger partial charge in [0, 0.05) is 5.75 Å². The second-order valence-electron chi connectivity index (χ2n) is 1.25. The number of rotatable bonds is 4. The molecule has 0 atom stereocenters. The Hall–Kier alpha value is -0.770. The first kappa shape index (κ1) is 8.23. The van der Waals surface area contributed by atoms with Gasteiger partial charge in [-0.1, -0.05) is 6.08 Å². The second-order valence-corrected chi connectivity index (χ2v) is 2.34. The van der Waals surface area contributed by atoms with Crippen molar-refractivity contribution in [3.8, 4) is 0 Å². The van der Waals surface area contributed by atoms with Gasteiger partial charge in [-0.15, -0.1) is 6.58 Å². The first-order valence-corrected chi connectivity index (χ1v) is 3.24. The molecular weight excluding hydrogens is 138 g/mol. The van der Waals surface area contributed by atoms with E-state index in [2.05, 4.69) is 13.2 Å². The molecule has 0 aromatic rings. The monoisotopic (exact) mass is 145 g/mol. The third kappa shape index (κ3) is 3.78. The summed E-state index contributed by atoms with van der Waals surface area (Å²) in [7, 11) is 0. The van der Waals surface area contributed by atoms with Gasteiger partial charge in [0.05, 0.1) is 4.92 Å². The van der Waals surface area contributed by atoms with Gasteiger partial charge in [-0.25, -0.2) is 0 Å². The quantitative estimate of drug-likeness (QED) is 0.343. The molecule has 3 nitrogen and oxygen atoms in total. The van der Waals surface area contributed by atoms with Crippen LogP contribution in [0.2, 0.25) is 0 Å². The average Bonchev–Trinajstić information content (AvgIpc) is 1.82. The van der Waals surface area contributed by atoms with Crippen LogP contribution >= 0.6 is 11.8 Å². The van der Waals surface area contributed by atoms with Crippen LogP contribution in [0.4, 0.5) is 0 Å². The van der Waals surface area contributed by atoms with Gasteiger partial charge in [-0.3, -0.25) is 10.1 Å². The van der Waals surface area contributed by atoms with Gasteiger partial charge in [0.2, 0.25) is 0 Å². The minimum Gasteiger partial charge on any atom is -0.258 e. The highest BCUT2D eigenvalue weighted by Crippen LogP contribution is 2.12. The van der Waals surface area contributed by atoms with Gasteiger partial charge < -0.3 is 0 Å². The predicted molar refractivity (Wildman–Crippen MR) is 38.8 cm³/mol. The van der Waals surface area contributed by atoms with Crippen LogP contribution < -0.4 is 0 Å². The summed E-state index contributed by atoms with van der Waals surface area (Å²) in [5.74, 6) is 0.541. The Balaban J connectivity index is 3.51. The number of thioether (sulfide) groups is 1. The number of hydrogen-bond acceptors (Lipinski definition) is 3. The van der Waals surface area contributed by atoms with Gasteiger partial charge in [0.1, 0.15) is 0 Å². The van der Waals surface area contributed by atoms with E-state index in [9.17, 15) is 10.1 Å². The molecule has 0 saturated carbocycles. The highest BCUT2D eigenvalue weighted by Gasteiger charge is 2.03. The molecule has 0 amide bonds. The minimum absolute atomic E-state index is 0.0325. The van der Waals surface area contributed by atoms with Crippen LogP contribution in [0.25, 0.3) is 0 Å². The lowest BCUT2D eigenvalue weighted by Gasteiger charge is -1.89. The van der Waals surface area contributed by atoms with Crippen LogP contribution in [0.15, 0.2) is 24.3 Å². The van der Waals surface area contributed by atoms with E-state index in [1.807, 2.05) is 0 Å². The number of hydrogen-bond donors (Lipinski definition) is 0. The van der Waals surface area contributed by atoms with Crippen LogP contribution in [0.5, 0.6) is 0 Å². The van der Waals surface area contributed by atoms with Crippen LogP contribution in [0, 0.1) is 10.1 Å². The first-order chi connectivity index (χ1) is 4.18. The van der Waals surface area contributed by atoms with Crippen molar-refractivity contribution in [3.05, 3.63) is 34.4 Å². The summed E-state index contributed by atoms with van der Waals surface area (Å²) in [4.78, 5) is 9.35. The lowest BCUT2D eigenvalue weighted by Crippen LogP contribution is -1.91. The topological polar surface area (TPSA) is 43.1 Å². The molecule has 0 aliphatic rings. The summed E-state index contributed by atoms with van der Waals surface area (Å²) in [6.07, 6.45) is 1.60. The molecule has 0 aromatic carbocycles. The summed E-state index contributed by atoms with van der Waals surface area (Å²) in [5.41, 5.74) is 0. The first-order valence-electron chi connectivity index (χ1n) is 2.25. The third-order valence-electron chi connectivity index (χ3n) is 0.571. The summed E-state index contributed by atoms with van der Waals surface area (Å²) >= 11 is 1.07. The molecule has 0 aromatic heterocycles. The molecule has 0 unspecified atom stereocenters. The lowest BCUT2D eigenvalue weighted by atomic mass is 10.8. The Morgan fingerprint density at radius 1 is 1.89 bits per heavy atom. The van der Waals surface area contributed by atoms with E-state index >= 15 is 0 Å². The Morgan fingerprint density at radius 3 is 2.78 bits per heavy atom. The maximum Gasteiger partial charge on any atom is 0.296 e. The van der Waals surface area contributed by atoms with E-state index in [-0.39, 0.29) is 5.03 Å². The summed E-state index contributed by atoms with van der Waals surface area (Å²) in [5, 5.41) is 9.82. The SMILES string of the molecule is C=CCSC(=C)[N+](=O)[O-]. The lowest BCUT2D eigenvalue weighted by molar-refractivity contribution is -0.409. The maximum absolute atomic E-state index is 9.86. The van der Waals surface area contributed by atoms with E-state index in [0.717, 1.165) is 11.8 Å². The van der Waals surface area contributed by atoms with Crippen molar-refractivity contribution in [2.75, 3.05) is 5.75 Å². The molecule has 0 aliphatic heterocycles. The van der Waals surface area contributed by atoms with Gasteiger partial charge in [-0.05, 0) is 18.3 Å². The number of nitro groups is 1. The van der Waals surface area contributed by atoms with Crippen molar-refractivity contribution in [2.24, 2.45) is 0 Å². The highest BCUT2D eigenvalue weighted by atomic mass is 32.2. The van der Waals surface area contributed by atoms with Gasteiger partial charge in [0.15, 0.2) is 0 Å². The van der Waals surface area contributed by atoms with E-state index in [1.165, 1.54) is 0 Å². The smallest absolute Gasteiger partial charge is 0.258 e. The highest BCUT2D eigenvalue weighted by molar-refractivity contribution is 8.02. The molecule has 0 aliphatic carbocycles. The van der Waals surface area contributed by atoms with Crippen molar-refractivity contribution < 1.29 is 4.92 Å². The fourth-order valence-electron chi connectivity index (χ4n) is 0.208. The largest absolute Gasteiger partial charge is 0.296 e. The van der Waals surface area contributed by atoms with Gasteiger partial charge in [0.25, 0.3) is 5.03 Å². The summed E-state index contributed by atoms with van der Waals surface area (Å²) in [6, 6.07) is 0. The Labute approximate surface area is 57.6 Å². The Bertz CT molecular complexity index is 144. The zero-order valence-corrected chi connectivity index (χ0v) is 5.69. The predicted octanol–water partition coefficient (Wildman–Crippen LogP) is 1.65. The normalized spacial score (nSPS) is 8.44. The van der Waals surface area contributed by atoms with E-state index in [4.69, 9.17) is 0 Å². The molecule has 0 saturated heterocycles. The van der Waals surface area contributed by atoms with Crippen molar-refractivity contribution in [1.29, 1.82) is 0 Å². The Morgan fingerprint density at radius 2 is 2.44 bits per heavy atom. The van der Waals surface area contributed by atoms with Crippen LogP contribution in [0.1, 0.15) is 0 Å². The molecule has 0 fully saturated rings. The molecule has 0 heterocycles. The van der Waals surface area contributed by atoms with Crippen molar-refractivity contribution in [1.82, 2.24) is 0 Å². The zero-order chi connectivity index (χ0) is 7.28. The molecule has 0 rings (SSSR count). The fraction of sp³-hybridized carbons (Fsp3) is 0.200. The molecule has 9 heavy (non-hydrogen) atoms. The van der Waals surface area contributed by atoms with Crippen molar-refractivity contribution in [3.63, 3.8) is 0 Å². The van der Waals surface area contributed by atoms with Crippen molar-refractivity contribution >= 4 is 11.8 Å². The molecule has 0 spiro atoms. The molecule has 4 heteroatoms. The molecule has 0 bridgehead atoms. The van der Waals surface area contributed by atoms with Crippen LogP contribution in [0.3, 0.4) is 0 Å². The standard InChI is InChI=1S/C5H7NO2S/c1-3-4-9-5(2)6(7)8/h3H,1-2,4H2. The zero-order valence-electron chi connectivity index (χ0n) is 4.87. The maximum atomic E-state index is 9.86. The van der Waals surface area contributed by atoms with Gasteiger partial charge in [-0.2, -0.15) is 0 Å². The minimum atomic E-state index is -0.506. The summed E-state index contributed by atoms with van der Waals surface area (Å²) < 4.78 is 0. The van der Waals surface area contributed by atoms with E-state index in [1.54, 1.807) is 6.08 Å². The average molecular weight is 145 g/mol. The fourth-order valence-corrected chi connectivity index (χ4v) is 0.623. The molecule has 50 valence electrons. The molecule has 0 radical (unpaired) electrons. The van der Waals surface area contributed by atoms with Gasteiger partial charge >= 0.3 is 0 Å². The van der Waals surface area contributed by atoms with Crippen molar-refractivity contribution in [2.45, 2.75) is 0 Å². The van der Waals surface area contributed by atoms with E-state index < -0.39 is 4.92 Å². The van der Waals surface area contributed by atoms with Crippen LogP contribution in [-0.2, 0) is 0 Å².